The van der Waals surface area contributed by atoms with Crippen LogP contribution in [-0.2, 0) is 19.6 Å². The van der Waals surface area contributed by atoms with Gasteiger partial charge in [-0.25, -0.2) is 13.1 Å². The summed E-state index contributed by atoms with van der Waals surface area (Å²) in [7, 11) is -2.54. The van der Waals surface area contributed by atoms with Crippen LogP contribution in [0.15, 0.2) is 0 Å². The number of nitrogens with one attached hydrogen (secondary N) is 1. The zero-order valence-electron chi connectivity index (χ0n) is 9.76. The zero-order chi connectivity index (χ0) is 12.8. The number of sulfonamides is 1. The predicted molar refractivity (Wildman–Crippen MR) is 59.3 cm³/mol. The number of hydrogen-bond acceptors (Lipinski definition) is 5. The first-order valence-corrected chi connectivity index (χ1v) is 6.60. The molecule has 0 saturated carbocycles. The molecule has 0 heterocycles. The van der Waals surface area contributed by atoms with E-state index in [0.717, 1.165) is 7.11 Å². The molecule has 16 heavy (non-hydrogen) atoms. The van der Waals surface area contributed by atoms with Gasteiger partial charge in [0.15, 0.2) is 5.25 Å². The maximum Gasteiger partial charge on any atom is 0.325 e. The molecule has 2 atom stereocenters. The zero-order valence-corrected chi connectivity index (χ0v) is 10.6. The number of carbonyl (C=O) groups excluding carboxylic acids is 1. The minimum absolute atomic E-state index is 0.203. The smallest absolute Gasteiger partial charge is 0.325 e. The molecule has 7 heteroatoms. The Morgan fingerprint density at radius 1 is 1.44 bits per heavy atom. The second-order valence-electron chi connectivity index (χ2n) is 3.60. The number of esters is 1. The van der Waals surface area contributed by atoms with E-state index in [-0.39, 0.29) is 6.54 Å². The lowest BCUT2D eigenvalue weighted by Crippen LogP contribution is -2.38. The first-order valence-electron chi connectivity index (χ1n) is 5.05. The summed E-state index contributed by atoms with van der Waals surface area (Å²) in [6.07, 6.45) is 0.572. The molecule has 0 saturated heterocycles. The molecule has 0 aliphatic heterocycles. The highest BCUT2D eigenvalue weighted by Gasteiger charge is 2.28. The Hall–Kier alpha value is -0.660. The number of ether oxygens (including phenoxy) is 1. The fourth-order valence-corrected chi connectivity index (χ4v) is 2.06. The Morgan fingerprint density at radius 2 is 2.00 bits per heavy atom. The lowest BCUT2D eigenvalue weighted by atomic mass is 10.2. The van der Waals surface area contributed by atoms with Crippen LogP contribution in [0, 0.1) is 0 Å². The number of aliphatic hydroxyl groups excluding tert-OH is 1. The fourth-order valence-electron chi connectivity index (χ4n) is 1.03. The van der Waals surface area contributed by atoms with Crippen LogP contribution in [0.5, 0.6) is 0 Å². The van der Waals surface area contributed by atoms with Crippen molar-refractivity contribution in [3.8, 4) is 0 Å². The van der Waals surface area contributed by atoms with Gasteiger partial charge in [-0.3, -0.25) is 4.79 Å². The van der Waals surface area contributed by atoms with Crippen molar-refractivity contribution in [2.75, 3.05) is 13.7 Å². The summed E-state index contributed by atoms with van der Waals surface area (Å²) in [5.74, 6) is -0.789. The SMILES string of the molecule is COC(=O)C(C)S(=O)(=O)NCCCC(C)O. The molecule has 0 aliphatic rings. The van der Waals surface area contributed by atoms with E-state index in [1.54, 1.807) is 6.92 Å². The summed E-state index contributed by atoms with van der Waals surface area (Å²) in [5, 5.41) is 7.75. The summed E-state index contributed by atoms with van der Waals surface area (Å²) in [5.41, 5.74) is 0. The molecule has 96 valence electrons. The molecule has 2 N–H and O–H groups in total. The average Bonchev–Trinajstić information content (AvgIpc) is 2.22. The Bertz CT molecular complexity index is 312. The van der Waals surface area contributed by atoms with Gasteiger partial charge in [-0.15, -0.1) is 0 Å². The van der Waals surface area contributed by atoms with E-state index in [0.29, 0.717) is 12.8 Å². The number of aliphatic hydroxyl groups is 1. The van der Waals surface area contributed by atoms with Crippen molar-refractivity contribution in [2.45, 2.75) is 38.0 Å². The molecular formula is C9H19NO5S. The highest BCUT2D eigenvalue weighted by molar-refractivity contribution is 7.90. The third-order valence-corrected chi connectivity index (χ3v) is 3.83. The van der Waals surface area contributed by atoms with Crippen molar-refractivity contribution in [3.63, 3.8) is 0 Å². The van der Waals surface area contributed by atoms with Crippen LogP contribution in [0.2, 0.25) is 0 Å². The Kier molecular flexibility index (Phi) is 6.54. The molecule has 2 unspecified atom stereocenters. The largest absolute Gasteiger partial charge is 0.468 e. The Morgan fingerprint density at radius 3 is 2.44 bits per heavy atom. The molecule has 0 aromatic rings. The topological polar surface area (TPSA) is 92.7 Å². The van der Waals surface area contributed by atoms with Crippen molar-refractivity contribution in [3.05, 3.63) is 0 Å². The minimum Gasteiger partial charge on any atom is -0.468 e. The highest BCUT2D eigenvalue weighted by atomic mass is 32.2. The standard InChI is InChI=1S/C9H19NO5S/c1-7(11)5-4-6-10-16(13,14)8(2)9(12)15-3/h7-8,10-11H,4-6H2,1-3H3. The number of hydrogen-bond donors (Lipinski definition) is 2. The van der Waals surface area contributed by atoms with Crippen molar-refractivity contribution in [2.24, 2.45) is 0 Å². The Labute approximate surface area is 96.0 Å². The maximum atomic E-state index is 11.5. The minimum atomic E-state index is -3.68. The predicted octanol–water partition coefficient (Wildman–Crippen LogP) is -0.372. The third kappa shape index (κ3) is 5.43. The van der Waals surface area contributed by atoms with Gasteiger partial charge in [0.2, 0.25) is 10.0 Å². The van der Waals surface area contributed by atoms with E-state index in [1.807, 2.05) is 0 Å². The van der Waals surface area contributed by atoms with E-state index in [1.165, 1.54) is 6.92 Å². The molecule has 0 aromatic heterocycles. The van der Waals surface area contributed by atoms with Crippen LogP contribution in [0.3, 0.4) is 0 Å². The van der Waals surface area contributed by atoms with Crippen LogP contribution in [0.25, 0.3) is 0 Å². The van der Waals surface area contributed by atoms with Crippen molar-refractivity contribution in [1.82, 2.24) is 4.72 Å². The summed E-state index contributed by atoms with van der Waals surface area (Å²) < 4.78 is 29.6. The normalized spacial score (nSPS) is 15.5. The molecule has 6 nitrogen and oxygen atoms in total. The van der Waals surface area contributed by atoms with Crippen LogP contribution in [0.1, 0.15) is 26.7 Å². The molecule has 0 radical (unpaired) electrons. The van der Waals surface area contributed by atoms with Crippen molar-refractivity contribution < 1.29 is 23.1 Å². The van der Waals surface area contributed by atoms with E-state index < -0.39 is 27.3 Å². The van der Waals surface area contributed by atoms with Gasteiger partial charge in [0.25, 0.3) is 0 Å². The molecule has 0 rings (SSSR count). The molecule has 0 spiro atoms. The molecular weight excluding hydrogens is 234 g/mol. The average molecular weight is 253 g/mol. The van der Waals surface area contributed by atoms with E-state index in [4.69, 9.17) is 5.11 Å². The third-order valence-electron chi connectivity index (χ3n) is 2.10. The van der Waals surface area contributed by atoms with Gasteiger partial charge in [0.1, 0.15) is 0 Å². The van der Waals surface area contributed by atoms with E-state index >= 15 is 0 Å². The first-order chi connectivity index (χ1) is 7.31. The summed E-state index contributed by atoms with van der Waals surface area (Å²) in [6, 6.07) is 0. The first kappa shape index (κ1) is 15.3. The number of rotatable bonds is 7. The van der Waals surface area contributed by atoms with Crippen LogP contribution in [-0.4, -0.2) is 44.5 Å². The van der Waals surface area contributed by atoms with Crippen molar-refractivity contribution >= 4 is 16.0 Å². The Balaban J connectivity index is 4.10. The monoisotopic (exact) mass is 253 g/mol. The van der Waals surface area contributed by atoms with E-state index in [2.05, 4.69) is 9.46 Å². The number of carbonyl (C=O) groups is 1. The molecule has 0 amide bonds. The van der Waals surface area contributed by atoms with Gasteiger partial charge in [0.05, 0.1) is 13.2 Å². The van der Waals surface area contributed by atoms with Crippen molar-refractivity contribution in [1.29, 1.82) is 0 Å². The number of methoxy groups -OCH3 is 1. The highest BCUT2D eigenvalue weighted by Crippen LogP contribution is 2.01. The van der Waals surface area contributed by atoms with Gasteiger partial charge in [-0.1, -0.05) is 0 Å². The van der Waals surface area contributed by atoms with Gasteiger partial charge in [-0.2, -0.15) is 0 Å². The van der Waals surface area contributed by atoms with Gasteiger partial charge >= 0.3 is 5.97 Å². The van der Waals surface area contributed by atoms with E-state index in [9.17, 15) is 13.2 Å². The fraction of sp³-hybridized carbons (Fsp3) is 0.889. The summed E-state index contributed by atoms with van der Waals surface area (Å²) in [6.45, 7) is 3.10. The molecule has 0 aliphatic carbocycles. The van der Waals surface area contributed by atoms with Crippen LogP contribution < -0.4 is 4.72 Å². The van der Waals surface area contributed by atoms with Crippen LogP contribution >= 0.6 is 0 Å². The quantitative estimate of drug-likeness (QED) is 0.477. The second kappa shape index (κ2) is 6.82. The summed E-state index contributed by atoms with van der Waals surface area (Å²) in [4.78, 5) is 11.0. The maximum absolute atomic E-state index is 11.5. The molecule has 0 aromatic carbocycles. The molecule has 0 fully saturated rings. The lowest BCUT2D eigenvalue weighted by molar-refractivity contribution is -0.139. The van der Waals surface area contributed by atoms with Gasteiger partial charge < -0.3 is 9.84 Å². The summed E-state index contributed by atoms with van der Waals surface area (Å²) >= 11 is 0. The lowest BCUT2D eigenvalue weighted by Gasteiger charge is -2.12. The van der Waals surface area contributed by atoms with Crippen LogP contribution in [0.4, 0.5) is 0 Å². The van der Waals surface area contributed by atoms with Gasteiger partial charge in [-0.05, 0) is 26.7 Å². The molecule has 0 bridgehead atoms. The van der Waals surface area contributed by atoms with Gasteiger partial charge in [0, 0.05) is 6.54 Å². The second-order valence-corrected chi connectivity index (χ2v) is 5.68.